The second-order valence-electron chi connectivity index (χ2n) is 3.31. The molecule has 0 unspecified atom stereocenters. The van der Waals surface area contributed by atoms with Gasteiger partial charge < -0.3 is 0 Å². The summed E-state index contributed by atoms with van der Waals surface area (Å²) in [5.41, 5.74) is 0. The van der Waals surface area contributed by atoms with Crippen LogP contribution in [0.4, 0.5) is 0 Å². The van der Waals surface area contributed by atoms with E-state index in [0.717, 1.165) is 4.57 Å². The molecule has 1 fully saturated rings. The van der Waals surface area contributed by atoms with Crippen LogP contribution in [0.2, 0.25) is 0 Å². The predicted molar refractivity (Wildman–Crippen MR) is 67.3 cm³/mol. The number of hydrogen-bond acceptors (Lipinski definition) is 1. The average Bonchev–Trinajstić information content (AvgIpc) is 2.69. The van der Waals surface area contributed by atoms with Crippen molar-refractivity contribution >= 4 is 4.57 Å². The fourth-order valence-electron chi connectivity index (χ4n) is 1.89. The van der Waals surface area contributed by atoms with Crippen molar-refractivity contribution in [3.05, 3.63) is 45.9 Å². The van der Waals surface area contributed by atoms with Gasteiger partial charge in [0.15, 0.2) is 0 Å². The second kappa shape index (κ2) is 36.7. The summed E-state index contributed by atoms with van der Waals surface area (Å²) in [6.45, 7) is 26.4. The average molecular weight is 344 g/mol. The minimum atomic E-state index is 0.571. The Morgan fingerprint density at radius 2 is 1.32 bits per heavy atom. The third-order valence-electron chi connectivity index (χ3n) is 2.63. The fraction of sp³-hybridized carbons (Fsp3) is 0.467. The van der Waals surface area contributed by atoms with Gasteiger partial charge in [-0.15, -0.1) is 0 Å². The van der Waals surface area contributed by atoms with Gasteiger partial charge in [0.2, 0.25) is 0 Å². The zero-order valence-electron chi connectivity index (χ0n) is 12.1. The molecule has 118 valence electrons. The van der Waals surface area contributed by atoms with Crippen molar-refractivity contribution in [1.29, 1.82) is 0 Å². The van der Waals surface area contributed by atoms with Crippen molar-refractivity contribution < 1.29 is 43.8 Å². The van der Waals surface area contributed by atoms with E-state index in [-0.39, 0.29) is 0 Å². The van der Waals surface area contributed by atoms with Gasteiger partial charge in [-0.1, -0.05) is 0 Å². The summed E-state index contributed by atoms with van der Waals surface area (Å²) in [5, 5.41) is 0. The molecule has 1 rings (SSSR count). The van der Waals surface area contributed by atoms with Crippen LogP contribution in [0.3, 0.4) is 0 Å². The number of hydrogen-bond donors (Lipinski definition) is 0. The Labute approximate surface area is 139 Å². The minimum absolute atomic E-state index is 0.571. The molecule has 22 heavy (non-hydrogen) atoms. The van der Waals surface area contributed by atoms with Crippen LogP contribution in [0, 0.1) is 45.1 Å². The van der Waals surface area contributed by atoms with E-state index in [9.17, 15) is 0 Å². The van der Waals surface area contributed by atoms with E-state index in [0.29, 0.717) is 11.8 Å². The van der Waals surface area contributed by atoms with Crippen LogP contribution in [-0.4, -0.2) is 11.7 Å². The Bertz CT molecular complexity index is 318. The van der Waals surface area contributed by atoms with Crippen LogP contribution < -0.4 is 0 Å². The normalized spacial score (nSPS) is 16.7. The maximum absolute atomic E-state index is 7.50. The van der Waals surface area contributed by atoms with Gasteiger partial charge in [-0.2, -0.15) is 0 Å². The van der Waals surface area contributed by atoms with Crippen LogP contribution >= 0.6 is 0 Å². The van der Waals surface area contributed by atoms with Crippen molar-refractivity contribution in [3.63, 3.8) is 0 Å². The Morgan fingerprint density at radius 1 is 0.955 bits per heavy atom. The first kappa shape index (κ1) is 32.7. The van der Waals surface area contributed by atoms with Gasteiger partial charge in [-0.3, -0.25) is 0 Å². The molecule has 7 heteroatoms. The third kappa shape index (κ3) is 18.8. The number of rotatable bonds is 3. The molecule has 0 aromatic carbocycles. The molecule has 0 heterocycles. The predicted octanol–water partition coefficient (Wildman–Crippen LogP) is 2.11. The fourth-order valence-corrected chi connectivity index (χ4v) is 2.34. The van der Waals surface area contributed by atoms with E-state index in [4.69, 9.17) is 28.0 Å². The number of allylic oxidation sites excluding steroid dienone is 1. The van der Waals surface area contributed by atoms with E-state index in [1.807, 2.05) is 0 Å². The summed E-state index contributed by atoms with van der Waals surface area (Å²) >= 11 is 3.01. The van der Waals surface area contributed by atoms with Crippen molar-refractivity contribution in [1.82, 2.24) is 0 Å². The maximum atomic E-state index is 7.50. The molecule has 0 spiro atoms. The van der Waals surface area contributed by atoms with E-state index < -0.39 is 0 Å². The molecule has 0 aliphatic heterocycles. The number of ether oxygens (including phenoxy) is 1. The molecule has 0 saturated heterocycles. The number of methoxy groups -OCH3 is 1. The SMILES string of the molecule is C=C[C@@H]1CCCC[C@H]1[C](=[Cr])OC.[C-]#[O+].[C-]#[O+].[C-]#[O+].[C-]#[O+].[C-]#[O+]. The summed E-state index contributed by atoms with van der Waals surface area (Å²) in [6.07, 6.45) is 7.24. The van der Waals surface area contributed by atoms with Gasteiger partial charge in [0.1, 0.15) is 0 Å². The Balaban J connectivity index is -0.0000000822. The van der Waals surface area contributed by atoms with Gasteiger partial charge in [0.25, 0.3) is 0 Å². The first-order valence-electron chi connectivity index (χ1n) is 5.52. The summed E-state index contributed by atoms with van der Waals surface area (Å²) < 4.78 is 43.8. The van der Waals surface area contributed by atoms with Crippen LogP contribution in [-0.2, 0) is 43.8 Å². The van der Waals surface area contributed by atoms with Gasteiger partial charge >= 0.3 is 139 Å². The van der Waals surface area contributed by atoms with Crippen LogP contribution in [0.15, 0.2) is 12.7 Å². The quantitative estimate of drug-likeness (QED) is 0.436. The molecule has 0 bridgehead atoms. The van der Waals surface area contributed by atoms with Crippen molar-refractivity contribution in [2.75, 3.05) is 7.11 Å². The Morgan fingerprint density at radius 3 is 1.64 bits per heavy atom. The van der Waals surface area contributed by atoms with Gasteiger partial charge in [0.05, 0.1) is 0 Å². The molecule has 0 amide bonds. The van der Waals surface area contributed by atoms with Crippen molar-refractivity contribution in [2.45, 2.75) is 25.7 Å². The van der Waals surface area contributed by atoms with Crippen LogP contribution in [0.5, 0.6) is 0 Å². The summed E-state index contributed by atoms with van der Waals surface area (Å²) in [5.74, 6) is 1.19. The molecule has 1 saturated carbocycles. The van der Waals surface area contributed by atoms with E-state index in [2.05, 4.69) is 61.8 Å². The molecular weight excluding hydrogens is 328 g/mol. The zero-order valence-corrected chi connectivity index (χ0v) is 13.4. The van der Waals surface area contributed by atoms with Gasteiger partial charge in [0, 0.05) is 0 Å². The molecule has 2 atom stereocenters. The van der Waals surface area contributed by atoms with Gasteiger partial charge in [-0.25, -0.2) is 0 Å². The third-order valence-corrected chi connectivity index (χ3v) is 3.36. The van der Waals surface area contributed by atoms with Crippen molar-refractivity contribution in [2.24, 2.45) is 11.8 Å². The first-order chi connectivity index (χ1) is 10.8. The standard InChI is InChI=1S/C10H16O.5CO.Cr/c1-3-9-6-4-5-7-10(9)8-11-2;5*1-2;/h3,9-10H,1,4-7H2,2H3;;;;;;/t9-,10+;;;;;;/m1....../s1. The summed E-state index contributed by atoms with van der Waals surface area (Å²) in [7, 11) is 1.74. The summed E-state index contributed by atoms with van der Waals surface area (Å²) in [6, 6.07) is 0. The molecular formula is C15H16CrO6. The first-order valence-corrected chi connectivity index (χ1v) is 6.15. The van der Waals surface area contributed by atoms with Crippen molar-refractivity contribution in [3.8, 4) is 0 Å². The summed E-state index contributed by atoms with van der Waals surface area (Å²) in [4.78, 5) is 0. The zero-order chi connectivity index (χ0) is 19.0. The van der Waals surface area contributed by atoms with E-state index in [1.54, 1.807) is 7.11 Å². The molecule has 0 radical (unpaired) electrons. The second-order valence-corrected chi connectivity index (χ2v) is 3.94. The molecule has 0 aromatic rings. The molecule has 0 aromatic heterocycles. The van der Waals surface area contributed by atoms with Crippen LogP contribution in [0.25, 0.3) is 0 Å². The van der Waals surface area contributed by atoms with E-state index in [1.165, 1.54) is 25.7 Å². The Kier molecular flexibility index (Phi) is 54.6. The van der Waals surface area contributed by atoms with E-state index >= 15 is 0 Å². The molecule has 1 aliphatic rings. The monoisotopic (exact) mass is 344 g/mol. The molecule has 1 aliphatic carbocycles. The Hall–Kier alpha value is -1.20. The van der Waals surface area contributed by atoms with Gasteiger partial charge in [-0.05, 0) is 0 Å². The molecule has 0 N–H and O–H groups in total. The van der Waals surface area contributed by atoms with Crippen LogP contribution in [0.1, 0.15) is 25.7 Å². The molecule has 6 nitrogen and oxygen atoms in total. The topological polar surface area (TPSA) is 109 Å².